The number of carbonyl (C=O) groups is 3. The number of nitrogens with zero attached hydrogens (tertiary/aromatic N) is 1. The molecule has 2 unspecified atom stereocenters. The van der Waals surface area contributed by atoms with Crippen LogP contribution in [-0.2, 0) is 14.4 Å². The van der Waals surface area contributed by atoms with Crippen molar-refractivity contribution in [2.24, 2.45) is 5.92 Å². The van der Waals surface area contributed by atoms with Gasteiger partial charge in [-0.05, 0) is 5.92 Å². The van der Waals surface area contributed by atoms with Gasteiger partial charge in [0.1, 0.15) is 6.04 Å². The molecule has 0 aromatic rings. The molecule has 0 fully saturated rings. The van der Waals surface area contributed by atoms with Gasteiger partial charge in [0.2, 0.25) is 0 Å². The van der Waals surface area contributed by atoms with Gasteiger partial charge in [0, 0.05) is 6.54 Å². The number of hydrogen-bond donors (Lipinski definition) is 3. The Kier molecular flexibility index (Phi) is 6.96. The summed E-state index contributed by atoms with van der Waals surface area (Å²) in [4.78, 5) is 33.6. The summed E-state index contributed by atoms with van der Waals surface area (Å²) < 4.78 is 0. The summed E-state index contributed by atoms with van der Waals surface area (Å²) in [7, 11) is 0. The number of carboxylic acid groups (broad SMARTS) is 3. The fraction of sp³-hybridized carbons (Fsp3) is 0.727. The zero-order valence-corrected chi connectivity index (χ0v) is 10.5. The molecule has 0 radical (unpaired) electrons. The first-order valence-corrected chi connectivity index (χ1v) is 5.70. The molecule has 3 N–H and O–H groups in total. The lowest BCUT2D eigenvalue weighted by Gasteiger charge is -2.30. The summed E-state index contributed by atoms with van der Waals surface area (Å²) in [6.45, 7) is 2.93. The van der Waals surface area contributed by atoms with E-state index >= 15 is 0 Å². The van der Waals surface area contributed by atoms with E-state index in [2.05, 4.69) is 0 Å². The van der Waals surface area contributed by atoms with Crippen LogP contribution in [-0.4, -0.2) is 57.3 Å². The van der Waals surface area contributed by atoms with Crippen LogP contribution in [0.5, 0.6) is 0 Å². The summed E-state index contributed by atoms with van der Waals surface area (Å²) in [6, 6.07) is -0.981. The van der Waals surface area contributed by atoms with Gasteiger partial charge in [-0.25, -0.2) is 0 Å². The molecule has 0 aromatic heterocycles. The van der Waals surface area contributed by atoms with Gasteiger partial charge in [-0.1, -0.05) is 20.3 Å². The van der Waals surface area contributed by atoms with E-state index < -0.39 is 30.5 Å². The number of rotatable bonds is 9. The average molecular weight is 261 g/mol. The Morgan fingerprint density at radius 1 is 1.11 bits per heavy atom. The van der Waals surface area contributed by atoms with Gasteiger partial charge in [-0.15, -0.1) is 0 Å². The van der Waals surface area contributed by atoms with Crippen molar-refractivity contribution in [1.82, 2.24) is 4.90 Å². The molecular formula is C11H19NO6. The summed E-state index contributed by atoms with van der Waals surface area (Å²) in [5.41, 5.74) is 0. The Morgan fingerprint density at radius 3 is 2.00 bits per heavy atom. The minimum atomic E-state index is -1.17. The van der Waals surface area contributed by atoms with E-state index in [1.807, 2.05) is 0 Å². The third kappa shape index (κ3) is 5.62. The minimum absolute atomic E-state index is 0.0943. The molecule has 18 heavy (non-hydrogen) atoms. The maximum atomic E-state index is 11.2. The van der Waals surface area contributed by atoms with Crippen molar-refractivity contribution < 1.29 is 29.7 Å². The quantitative estimate of drug-likeness (QED) is 0.548. The van der Waals surface area contributed by atoms with E-state index in [9.17, 15) is 14.4 Å². The van der Waals surface area contributed by atoms with Crippen LogP contribution in [0.15, 0.2) is 0 Å². The predicted octanol–water partition coefficient (Wildman–Crippen LogP) is 0.347. The molecule has 0 rings (SSSR count). The van der Waals surface area contributed by atoms with Gasteiger partial charge in [-0.2, -0.15) is 0 Å². The third-order valence-corrected chi connectivity index (χ3v) is 2.78. The van der Waals surface area contributed by atoms with E-state index in [-0.39, 0.29) is 18.9 Å². The topological polar surface area (TPSA) is 115 Å². The van der Waals surface area contributed by atoms with Crippen LogP contribution in [0, 0.1) is 5.92 Å². The molecular weight excluding hydrogens is 242 g/mol. The normalized spacial score (nSPS) is 14.2. The van der Waals surface area contributed by atoms with Crippen LogP contribution >= 0.6 is 0 Å². The van der Waals surface area contributed by atoms with Crippen LogP contribution in [0.4, 0.5) is 0 Å². The summed E-state index contributed by atoms with van der Waals surface area (Å²) in [5, 5.41) is 26.5. The van der Waals surface area contributed by atoms with Crippen molar-refractivity contribution in [2.45, 2.75) is 32.7 Å². The molecule has 7 nitrogen and oxygen atoms in total. The second-order valence-corrected chi connectivity index (χ2v) is 4.18. The summed E-state index contributed by atoms with van der Waals surface area (Å²) >= 11 is 0. The third-order valence-electron chi connectivity index (χ3n) is 2.78. The van der Waals surface area contributed by atoms with E-state index in [1.165, 1.54) is 4.90 Å². The highest BCUT2D eigenvalue weighted by atomic mass is 16.4. The second kappa shape index (κ2) is 7.65. The smallest absolute Gasteiger partial charge is 0.321 e. The second-order valence-electron chi connectivity index (χ2n) is 4.18. The summed E-state index contributed by atoms with van der Waals surface area (Å²) in [6.07, 6.45) is 0.285. The van der Waals surface area contributed by atoms with Gasteiger partial charge < -0.3 is 15.3 Å². The first kappa shape index (κ1) is 16.4. The van der Waals surface area contributed by atoms with Crippen molar-refractivity contribution in [1.29, 1.82) is 0 Å². The van der Waals surface area contributed by atoms with Crippen LogP contribution < -0.4 is 0 Å². The van der Waals surface area contributed by atoms with E-state index in [0.717, 1.165) is 0 Å². The molecule has 0 heterocycles. The van der Waals surface area contributed by atoms with Crippen LogP contribution in [0.3, 0.4) is 0 Å². The van der Waals surface area contributed by atoms with Gasteiger partial charge in [0.05, 0.1) is 13.0 Å². The highest BCUT2D eigenvalue weighted by Crippen LogP contribution is 2.15. The van der Waals surface area contributed by atoms with Crippen molar-refractivity contribution in [3.63, 3.8) is 0 Å². The van der Waals surface area contributed by atoms with Crippen LogP contribution in [0.2, 0.25) is 0 Å². The molecule has 0 saturated carbocycles. The molecule has 0 amide bonds. The van der Waals surface area contributed by atoms with Gasteiger partial charge in [0.25, 0.3) is 0 Å². The SMILES string of the molecule is CCC(C)C(C(=O)O)N(CCC(=O)O)CC(=O)O. The molecule has 0 bridgehead atoms. The Bertz CT molecular complexity index is 317. The Labute approximate surface area is 105 Å². The lowest BCUT2D eigenvalue weighted by Crippen LogP contribution is -2.48. The first-order chi connectivity index (χ1) is 8.29. The predicted molar refractivity (Wildman–Crippen MR) is 62.3 cm³/mol. The lowest BCUT2D eigenvalue weighted by molar-refractivity contribution is -0.150. The zero-order chi connectivity index (χ0) is 14.3. The zero-order valence-electron chi connectivity index (χ0n) is 10.5. The standard InChI is InChI=1S/C11H19NO6/c1-3-7(2)10(11(17)18)12(6-9(15)16)5-4-8(13)14/h7,10H,3-6H2,1-2H3,(H,13,14)(H,15,16)(H,17,18). The number of aliphatic carboxylic acids is 3. The monoisotopic (exact) mass is 261 g/mol. The van der Waals surface area contributed by atoms with E-state index in [1.54, 1.807) is 13.8 Å². The van der Waals surface area contributed by atoms with Crippen molar-refractivity contribution in [2.75, 3.05) is 13.1 Å². The van der Waals surface area contributed by atoms with Crippen molar-refractivity contribution >= 4 is 17.9 Å². The molecule has 0 spiro atoms. The number of hydrogen-bond acceptors (Lipinski definition) is 4. The Balaban J connectivity index is 4.90. The van der Waals surface area contributed by atoms with Gasteiger partial charge >= 0.3 is 17.9 Å². The maximum absolute atomic E-state index is 11.2. The van der Waals surface area contributed by atoms with Crippen molar-refractivity contribution in [3.8, 4) is 0 Å². The highest BCUT2D eigenvalue weighted by Gasteiger charge is 2.31. The Morgan fingerprint density at radius 2 is 1.67 bits per heavy atom. The minimum Gasteiger partial charge on any atom is -0.481 e. The Hall–Kier alpha value is -1.63. The molecule has 7 heteroatoms. The van der Waals surface area contributed by atoms with Gasteiger partial charge in [-0.3, -0.25) is 19.3 Å². The van der Waals surface area contributed by atoms with Crippen LogP contribution in [0.25, 0.3) is 0 Å². The first-order valence-electron chi connectivity index (χ1n) is 5.70. The fourth-order valence-corrected chi connectivity index (χ4v) is 1.71. The maximum Gasteiger partial charge on any atom is 0.321 e. The molecule has 0 aliphatic rings. The number of carboxylic acids is 3. The molecule has 2 atom stereocenters. The summed E-state index contributed by atoms with van der Waals surface area (Å²) in [5.74, 6) is -3.64. The van der Waals surface area contributed by atoms with E-state index in [0.29, 0.717) is 6.42 Å². The molecule has 0 aliphatic carbocycles. The fourth-order valence-electron chi connectivity index (χ4n) is 1.71. The van der Waals surface area contributed by atoms with Crippen molar-refractivity contribution in [3.05, 3.63) is 0 Å². The lowest BCUT2D eigenvalue weighted by atomic mass is 9.97. The largest absolute Gasteiger partial charge is 0.481 e. The average Bonchev–Trinajstić information content (AvgIpc) is 2.24. The highest BCUT2D eigenvalue weighted by molar-refractivity contribution is 5.76. The molecule has 104 valence electrons. The molecule has 0 aromatic carbocycles. The van der Waals surface area contributed by atoms with Gasteiger partial charge in [0.15, 0.2) is 0 Å². The van der Waals surface area contributed by atoms with Crippen LogP contribution in [0.1, 0.15) is 26.7 Å². The molecule has 0 aliphatic heterocycles. The molecule has 0 saturated heterocycles. The van der Waals surface area contributed by atoms with E-state index in [4.69, 9.17) is 15.3 Å².